The molecule has 0 aliphatic carbocycles. The van der Waals surface area contributed by atoms with Crippen molar-refractivity contribution >= 4 is 32.7 Å². The first-order valence-corrected chi connectivity index (χ1v) is 12.4. The molecule has 5 aromatic rings. The summed E-state index contributed by atoms with van der Waals surface area (Å²) in [5.41, 5.74) is 11.9. The number of fused-ring (bicyclic) bond motifs is 1. The number of primary sulfonamides is 1. The summed E-state index contributed by atoms with van der Waals surface area (Å²) in [7, 11) is -3.74. The molecule has 0 fully saturated rings. The number of aromatic nitrogens is 3. The highest BCUT2D eigenvalue weighted by atomic mass is 32.2. The number of nitrogens with zero attached hydrogens (tertiary/aromatic N) is 3. The van der Waals surface area contributed by atoms with Crippen LogP contribution >= 0.6 is 0 Å². The van der Waals surface area contributed by atoms with E-state index in [2.05, 4.69) is 10.3 Å². The number of nitrogens with one attached hydrogen (secondary N) is 1. The van der Waals surface area contributed by atoms with Crippen molar-refractivity contribution in [3.8, 4) is 22.5 Å². The normalized spacial score (nSPS) is 11.5. The predicted molar refractivity (Wildman–Crippen MR) is 138 cm³/mol. The fourth-order valence-electron chi connectivity index (χ4n) is 3.78. The molecule has 8 nitrogen and oxygen atoms in total. The van der Waals surface area contributed by atoms with E-state index in [1.54, 1.807) is 18.2 Å². The first-order chi connectivity index (χ1) is 16.9. The van der Waals surface area contributed by atoms with E-state index in [0.29, 0.717) is 34.9 Å². The van der Waals surface area contributed by atoms with Crippen LogP contribution in [-0.4, -0.2) is 23.4 Å². The van der Waals surface area contributed by atoms with Crippen LogP contribution in [0, 0.1) is 0 Å². The van der Waals surface area contributed by atoms with E-state index in [1.807, 2.05) is 60.7 Å². The van der Waals surface area contributed by atoms with E-state index in [1.165, 1.54) is 12.1 Å². The summed E-state index contributed by atoms with van der Waals surface area (Å²) in [6, 6.07) is 27.8. The zero-order valence-corrected chi connectivity index (χ0v) is 19.4. The van der Waals surface area contributed by atoms with Gasteiger partial charge in [-0.2, -0.15) is 0 Å². The summed E-state index contributed by atoms with van der Waals surface area (Å²) in [5.74, 6) is 0.311. The fourth-order valence-corrected chi connectivity index (χ4v) is 4.30. The molecule has 174 valence electrons. The average Bonchev–Trinajstić information content (AvgIpc) is 2.87. The number of hydrogen-bond acceptors (Lipinski definition) is 7. The Bertz CT molecular complexity index is 1610. The summed E-state index contributed by atoms with van der Waals surface area (Å²) >= 11 is 0. The van der Waals surface area contributed by atoms with Crippen molar-refractivity contribution in [2.75, 3.05) is 11.1 Å². The van der Waals surface area contributed by atoms with Crippen molar-refractivity contribution in [2.45, 2.75) is 11.4 Å². The molecule has 0 spiro atoms. The number of rotatable bonds is 6. The molecule has 0 aliphatic rings. The lowest BCUT2D eigenvalue weighted by atomic mass is 10.0. The Morgan fingerprint density at radius 1 is 0.743 bits per heavy atom. The molecule has 0 radical (unpaired) electrons. The number of nitrogens with two attached hydrogens (primary N) is 2. The molecule has 5 rings (SSSR count). The molecule has 5 N–H and O–H groups in total. The third kappa shape index (κ3) is 4.81. The number of pyridine rings is 1. The Kier molecular flexibility index (Phi) is 5.86. The lowest BCUT2D eigenvalue weighted by molar-refractivity contribution is 0.598. The van der Waals surface area contributed by atoms with Gasteiger partial charge in [-0.05, 0) is 17.7 Å². The first-order valence-electron chi connectivity index (χ1n) is 10.8. The van der Waals surface area contributed by atoms with Crippen molar-refractivity contribution in [3.05, 3.63) is 96.6 Å². The highest BCUT2D eigenvalue weighted by Crippen LogP contribution is 2.33. The van der Waals surface area contributed by atoms with Gasteiger partial charge in [0.25, 0.3) is 0 Å². The van der Waals surface area contributed by atoms with E-state index >= 15 is 0 Å². The molecule has 35 heavy (non-hydrogen) atoms. The monoisotopic (exact) mass is 482 g/mol. The maximum Gasteiger partial charge on any atom is 0.238 e. The molecule has 2 heterocycles. The summed E-state index contributed by atoms with van der Waals surface area (Å²) in [5, 5.41) is 8.53. The largest absolute Gasteiger partial charge is 0.384 e. The highest BCUT2D eigenvalue weighted by Gasteiger charge is 2.16. The van der Waals surface area contributed by atoms with Crippen LogP contribution in [0.25, 0.3) is 33.7 Å². The van der Waals surface area contributed by atoms with Gasteiger partial charge in [0.15, 0.2) is 5.65 Å². The molecular formula is C26H22N6O2S. The van der Waals surface area contributed by atoms with E-state index in [9.17, 15) is 8.42 Å². The Morgan fingerprint density at radius 2 is 1.31 bits per heavy atom. The van der Waals surface area contributed by atoms with Gasteiger partial charge in [-0.25, -0.2) is 28.5 Å². The Balaban J connectivity index is 1.59. The van der Waals surface area contributed by atoms with Crippen LogP contribution in [0.3, 0.4) is 0 Å². The summed E-state index contributed by atoms with van der Waals surface area (Å²) in [6.07, 6.45) is 0. The van der Waals surface area contributed by atoms with Crippen molar-refractivity contribution in [2.24, 2.45) is 5.14 Å². The van der Waals surface area contributed by atoms with Crippen molar-refractivity contribution in [1.82, 2.24) is 15.0 Å². The molecule has 0 amide bonds. The lowest BCUT2D eigenvalue weighted by Crippen LogP contribution is -2.12. The second-order valence-corrected chi connectivity index (χ2v) is 9.52. The van der Waals surface area contributed by atoms with E-state index < -0.39 is 10.0 Å². The average molecular weight is 483 g/mol. The van der Waals surface area contributed by atoms with Gasteiger partial charge in [0.05, 0.1) is 22.0 Å². The summed E-state index contributed by atoms with van der Waals surface area (Å²) in [4.78, 5) is 14.3. The van der Waals surface area contributed by atoms with Crippen LogP contribution in [-0.2, 0) is 16.6 Å². The van der Waals surface area contributed by atoms with E-state index in [-0.39, 0.29) is 4.90 Å². The van der Waals surface area contributed by atoms with Gasteiger partial charge in [0.2, 0.25) is 10.0 Å². The topological polar surface area (TPSA) is 137 Å². The zero-order chi connectivity index (χ0) is 24.4. The number of nitrogen functional groups attached to an aromatic ring is 1. The molecule has 0 saturated heterocycles. The van der Waals surface area contributed by atoms with Gasteiger partial charge in [-0.3, -0.25) is 0 Å². The van der Waals surface area contributed by atoms with Gasteiger partial charge >= 0.3 is 0 Å². The molecule has 0 saturated carbocycles. The van der Waals surface area contributed by atoms with Crippen LogP contribution in [0.2, 0.25) is 0 Å². The third-order valence-electron chi connectivity index (χ3n) is 5.49. The Labute approximate surface area is 202 Å². The van der Waals surface area contributed by atoms with Crippen molar-refractivity contribution in [3.63, 3.8) is 0 Å². The number of anilines is 2. The number of hydrogen-bond donors (Lipinski definition) is 3. The zero-order valence-electron chi connectivity index (χ0n) is 18.6. The molecule has 0 aliphatic heterocycles. The molecule has 9 heteroatoms. The Hall–Kier alpha value is -4.34. The third-order valence-corrected chi connectivity index (χ3v) is 6.42. The van der Waals surface area contributed by atoms with Gasteiger partial charge in [0.1, 0.15) is 11.3 Å². The molecule has 3 aromatic carbocycles. The highest BCUT2D eigenvalue weighted by molar-refractivity contribution is 7.89. The molecular weight excluding hydrogens is 460 g/mol. The fraction of sp³-hybridized carbons (Fsp3) is 0.0385. The first kappa shape index (κ1) is 22.5. The SMILES string of the molecule is Nc1cc(NCc2ccc(S(N)(=O)=O)cc2)c2nc(-c3ccccc3)c(-c3ccccc3)nc2n1. The molecule has 2 aromatic heterocycles. The van der Waals surface area contributed by atoms with Crippen LogP contribution in [0.5, 0.6) is 0 Å². The van der Waals surface area contributed by atoms with Crippen molar-refractivity contribution < 1.29 is 8.42 Å². The van der Waals surface area contributed by atoms with Crippen molar-refractivity contribution in [1.29, 1.82) is 0 Å². The minimum Gasteiger partial charge on any atom is -0.384 e. The van der Waals surface area contributed by atoms with E-state index in [0.717, 1.165) is 22.4 Å². The van der Waals surface area contributed by atoms with Gasteiger partial charge in [0, 0.05) is 23.7 Å². The van der Waals surface area contributed by atoms with Crippen LogP contribution in [0.4, 0.5) is 11.5 Å². The van der Waals surface area contributed by atoms with Gasteiger partial charge < -0.3 is 11.1 Å². The van der Waals surface area contributed by atoms with Crippen LogP contribution in [0.1, 0.15) is 5.56 Å². The molecule has 0 atom stereocenters. The smallest absolute Gasteiger partial charge is 0.238 e. The molecule has 0 unspecified atom stereocenters. The predicted octanol–water partition coefficient (Wildman–Crippen LogP) is 4.20. The van der Waals surface area contributed by atoms with Crippen LogP contribution < -0.4 is 16.2 Å². The number of benzene rings is 3. The minimum atomic E-state index is -3.74. The standard InChI is InChI=1S/C26H22N6O2S/c27-22-15-21(29-16-17-11-13-20(14-12-17)35(28,33)34)25-26(30-22)32-24(19-9-5-2-6-10-19)23(31-25)18-7-3-1-4-8-18/h1-15H,16H2,(H2,28,33,34)(H3,27,29,30,32). The van der Waals surface area contributed by atoms with E-state index in [4.69, 9.17) is 20.8 Å². The minimum absolute atomic E-state index is 0.0617. The number of sulfonamides is 1. The van der Waals surface area contributed by atoms with Gasteiger partial charge in [-0.1, -0.05) is 72.8 Å². The summed E-state index contributed by atoms with van der Waals surface area (Å²) in [6.45, 7) is 0.409. The Morgan fingerprint density at radius 3 is 1.89 bits per heavy atom. The lowest BCUT2D eigenvalue weighted by Gasteiger charge is -2.14. The maximum absolute atomic E-state index is 11.5. The van der Waals surface area contributed by atoms with Crippen LogP contribution in [0.15, 0.2) is 95.9 Å². The van der Waals surface area contributed by atoms with Gasteiger partial charge in [-0.15, -0.1) is 0 Å². The maximum atomic E-state index is 11.5. The summed E-state index contributed by atoms with van der Waals surface area (Å²) < 4.78 is 23.0. The molecule has 0 bridgehead atoms. The quantitative estimate of drug-likeness (QED) is 0.330. The second kappa shape index (κ2) is 9.13. The second-order valence-electron chi connectivity index (χ2n) is 7.96.